The van der Waals surface area contributed by atoms with Gasteiger partial charge in [0.2, 0.25) is 5.95 Å². The minimum Gasteiger partial charge on any atom is -0.465 e. The fourth-order valence-corrected chi connectivity index (χ4v) is 5.41. The average Bonchev–Trinajstić information content (AvgIpc) is 3.44. The summed E-state index contributed by atoms with van der Waals surface area (Å²) in [5.74, 6) is 2.34. The third-order valence-electron chi connectivity index (χ3n) is 7.08. The van der Waals surface area contributed by atoms with Crippen LogP contribution < -0.4 is 10.2 Å². The number of carboxylic acid groups (broad SMARTS) is 1. The van der Waals surface area contributed by atoms with E-state index in [1.165, 1.54) is 0 Å². The van der Waals surface area contributed by atoms with E-state index in [1.54, 1.807) is 4.90 Å². The van der Waals surface area contributed by atoms with Crippen molar-refractivity contribution in [3.05, 3.63) is 23.5 Å². The molecular weight excluding hydrogens is 410 g/mol. The number of aromatic nitrogens is 4. The van der Waals surface area contributed by atoms with Gasteiger partial charge in [-0.2, -0.15) is 10.1 Å². The molecule has 2 unspecified atom stereocenters. The van der Waals surface area contributed by atoms with Crippen molar-refractivity contribution in [2.45, 2.75) is 69.5 Å². The number of nitrogens with one attached hydrogen (secondary N) is 2. The van der Waals surface area contributed by atoms with E-state index in [-0.39, 0.29) is 24.0 Å². The Balaban J connectivity index is 1.41. The van der Waals surface area contributed by atoms with Crippen LogP contribution >= 0.6 is 0 Å². The van der Waals surface area contributed by atoms with Crippen molar-refractivity contribution >= 4 is 23.7 Å². The second-order valence-electron chi connectivity index (χ2n) is 9.26. The lowest BCUT2D eigenvalue weighted by molar-refractivity contribution is 0.0351. The number of carbonyl (C=O) groups is 1. The zero-order valence-electron chi connectivity index (χ0n) is 18.6. The molecule has 0 aromatic carbocycles. The van der Waals surface area contributed by atoms with E-state index in [0.717, 1.165) is 56.5 Å². The van der Waals surface area contributed by atoms with E-state index in [1.807, 2.05) is 26.1 Å². The minimum absolute atomic E-state index is 0.0727. The highest BCUT2D eigenvalue weighted by atomic mass is 16.5. The van der Waals surface area contributed by atoms with Gasteiger partial charge in [-0.25, -0.2) is 9.78 Å². The number of rotatable bonds is 5. The first-order chi connectivity index (χ1) is 15.5. The number of H-pyrrole nitrogens is 1. The van der Waals surface area contributed by atoms with Gasteiger partial charge in [-0.3, -0.25) is 5.10 Å². The molecule has 5 heterocycles. The maximum Gasteiger partial charge on any atom is 0.407 e. The lowest BCUT2D eigenvalue weighted by atomic mass is 9.81. The van der Waals surface area contributed by atoms with E-state index in [4.69, 9.17) is 14.7 Å². The van der Waals surface area contributed by atoms with Crippen molar-refractivity contribution in [3.8, 4) is 0 Å². The SMILES string of the molecule is Cc1cc(Nc2cc(C3CCOC3)nc(N(C)C3C[C@H]4CCC[C@@H](C3)N4C(=O)O)n2)n[nH]1. The van der Waals surface area contributed by atoms with Crippen LogP contribution in [0.5, 0.6) is 0 Å². The molecule has 0 spiro atoms. The summed E-state index contributed by atoms with van der Waals surface area (Å²) in [5, 5.41) is 20.2. The van der Waals surface area contributed by atoms with Gasteiger partial charge in [-0.15, -0.1) is 0 Å². The number of piperidine rings is 2. The molecule has 32 heavy (non-hydrogen) atoms. The molecule has 10 heteroatoms. The third-order valence-corrected chi connectivity index (χ3v) is 7.08. The van der Waals surface area contributed by atoms with Crippen LogP contribution in [0.2, 0.25) is 0 Å². The van der Waals surface area contributed by atoms with Gasteiger partial charge in [0.05, 0.1) is 12.3 Å². The van der Waals surface area contributed by atoms with Gasteiger partial charge in [0.15, 0.2) is 5.82 Å². The topological polar surface area (TPSA) is 120 Å². The number of aromatic amines is 1. The van der Waals surface area contributed by atoms with Crippen LogP contribution in [0.15, 0.2) is 12.1 Å². The van der Waals surface area contributed by atoms with Gasteiger partial charge in [-0.1, -0.05) is 0 Å². The molecule has 0 radical (unpaired) electrons. The molecule has 172 valence electrons. The normalized spacial score (nSPS) is 27.4. The van der Waals surface area contributed by atoms with Crippen molar-refractivity contribution < 1.29 is 14.6 Å². The second-order valence-corrected chi connectivity index (χ2v) is 9.26. The Hall–Kier alpha value is -2.88. The molecule has 2 aromatic heterocycles. The van der Waals surface area contributed by atoms with Crippen LogP contribution in [0.4, 0.5) is 22.4 Å². The summed E-state index contributed by atoms with van der Waals surface area (Å²) >= 11 is 0. The smallest absolute Gasteiger partial charge is 0.407 e. The molecule has 3 fully saturated rings. The Kier molecular flexibility index (Phi) is 5.62. The van der Waals surface area contributed by atoms with Crippen LogP contribution in [0, 0.1) is 6.92 Å². The average molecular weight is 442 g/mol. The number of ether oxygens (including phenoxy) is 1. The Morgan fingerprint density at radius 2 is 2.00 bits per heavy atom. The van der Waals surface area contributed by atoms with Gasteiger partial charge < -0.3 is 25.0 Å². The quantitative estimate of drug-likeness (QED) is 0.647. The van der Waals surface area contributed by atoms with Crippen molar-refractivity contribution in [3.63, 3.8) is 0 Å². The van der Waals surface area contributed by atoms with E-state index >= 15 is 0 Å². The zero-order valence-corrected chi connectivity index (χ0v) is 18.6. The fraction of sp³-hybridized carbons (Fsp3) is 0.636. The standard InChI is InChI=1S/C22H31N7O3/c1-13-8-20(27-26-13)24-19-11-18(14-6-7-32-12-14)23-21(25-19)28(2)17-9-15-4-3-5-16(10-17)29(15)22(30)31/h8,11,14-17H,3-7,9-10,12H2,1-2H3,(H,30,31)(H2,23,24,25,26,27)/t14?,15-,16+,17?. The Labute approximate surface area is 187 Å². The highest BCUT2D eigenvalue weighted by Gasteiger charge is 2.42. The van der Waals surface area contributed by atoms with Gasteiger partial charge in [-0.05, 0) is 45.4 Å². The number of fused-ring (bicyclic) bond motifs is 2. The van der Waals surface area contributed by atoms with E-state index in [0.29, 0.717) is 24.2 Å². The first-order valence-corrected chi connectivity index (χ1v) is 11.5. The van der Waals surface area contributed by atoms with E-state index in [2.05, 4.69) is 20.4 Å². The third kappa shape index (κ3) is 4.11. The van der Waals surface area contributed by atoms with Crippen LogP contribution in [0.3, 0.4) is 0 Å². The molecule has 2 bridgehead atoms. The van der Waals surface area contributed by atoms with Gasteiger partial charge in [0.25, 0.3) is 0 Å². The maximum absolute atomic E-state index is 11.8. The summed E-state index contributed by atoms with van der Waals surface area (Å²) in [6.07, 6.45) is 4.72. The summed E-state index contributed by atoms with van der Waals surface area (Å²) in [6, 6.07) is 4.28. The molecule has 3 aliphatic rings. The summed E-state index contributed by atoms with van der Waals surface area (Å²) in [7, 11) is 2.03. The Morgan fingerprint density at radius 3 is 2.62 bits per heavy atom. The Bertz CT molecular complexity index is 960. The highest BCUT2D eigenvalue weighted by molar-refractivity contribution is 5.66. The first-order valence-electron chi connectivity index (χ1n) is 11.5. The molecule has 3 N–H and O–H groups in total. The number of hydrogen-bond acceptors (Lipinski definition) is 7. The number of nitrogens with zero attached hydrogens (tertiary/aromatic N) is 5. The summed E-state index contributed by atoms with van der Waals surface area (Å²) in [4.78, 5) is 25.4. The van der Waals surface area contributed by atoms with Crippen LogP contribution in [-0.4, -0.2) is 74.7 Å². The Morgan fingerprint density at radius 1 is 1.22 bits per heavy atom. The van der Waals surface area contributed by atoms with E-state index < -0.39 is 6.09 Å². The molecule has 5 rings (SSSR count). The van der Waals surface area contributed by atoms with Crippen molar-refractivity contribution in [2.75, 3.05) is 30.5 Å². The molecular formula is C22H31N7O3. The van der Waals surface area contributed by atoms with E-state index in [9.17, 15) is 9.90 Å². The molecule has 3 aliphatic heterocycles. The lowest BCUT2D eigenvalue weighted by Crippen LogP contribution is -2.58. The van der Waals surface area contributed by atoms with Crippen LogP contribution in [0.1, 0.15) is 55.8 Å². The zero-order chi connectivity index (χ0) is 22.2. The largest absolute Gasteiger partial charge is 0.465 e. The first kappa shape index (κ1) is 21.0. The molecule has 3 saturated heterocycles. The summed E-state index contributed by atoms with van der Waals surface area (Å²) < 4.78 is 5.60. The summed E-state index contributed by atoms with van der Waals surface area (Å²) in [6.45, 7) is 3.37. The molecule has 2 aromatic rings. The number of anilines is 3. The molecule has 10 nitrogen and oxygen atoms in total. The van der Waals surface area contributed by atoms with Gasteiger partial charge in [0.1, 0.15) is 5.82 Å². The second kappa shape index (κ2) is 8.57. The molecule has 4 atom stereocenters. The minimum atomic E-state index is -0.791. The lowest BCUT2D eigenvalue weighted by Gasteiger charge is -2.49. The number of aryl methyl sites for hydroxylation is 1. The van der Waals surface area contributed by atoms with Crippen molar-refractivity contribution in [1.29, 1.82) is 0 Å². The van der Waals surface area contributed by atoms with Crippen LogP contribution in [-0.2, 0) is 4.74 Å². The predicted molar refractivity (Wildman–Crippen MR) is 120 cm³/mol. The molecule has 0 saturated carbocycles. The van der Waals surface area contributed by atoms with Gasteiger partial charge in [0, 0.05) is 55.5 Å². The monoisotopic (exact) mass is 441 g/mol. The fourth-order valence-electron chi connectivity index (χ4n) is 5.41. The predicted octanol–water partition coefficient (Wildman–Crippen LogP) is 3.26. The number of hydrogen-bond donors (Lipinski definition) is 3. The highest BCUT2D eigenvalue weighted by Crippen LogP contribution is 2.37. The van der Waals surface area contributed by atoms with Crippen molar-refractivity contribution in [1.82, 2.24) is 25.1 Å². The van der Waals surface area contributed by atoms with Crippen LogP contribution in [0.25, 0.3) is 0 Å². The molecule has 1 amide bonds. The molecule has 0 aliphatic carbocycles. The van der Waals surface area contributed by atoms with Crippen molar-refractivity contribution in [2.24, 2.45) is 0 Å². The summed E-state index contributed by atoms with van der Waals surface area (Å²) in [5.41, 5.74) is 1.94. The van der Waals surface area contributed by atoms with Gasteiger partial charge >= 0.3 is 6.09 Å². The number of amides is 1. The maximum atomic E-state index is 11.8.